The topological polar surface area (TPSA) is 33.2 Å². The van der Waals surface area contributed by atoms with E-state index in [2.05, 4.69) is 30.7 Å². The molecule has 2 fully saturated rings. The minimum atomic E-state index is 0.184. The number of carbonyl (C=O) groups excluding carboxylic acids is 1. The van der Waals surface area contributed by atoms with Gasteiger partial charge in [0.05, 0.1) is 15.2 Å². The predicted molar refractivity (Wildman–Crippen MR) is 94.9 cm³/mol. The average Bonchev–Trinajstić information content (AvgIpc) is 2.92. The van der Waals surface area contributed by atoms with Gasteiger partial charge in [-0.25, -0.2) is 4.98 Å². The molecule has 1 aliphatic carbocycles. The first kappa shape index (κ1) is 15.1. The van der Waals surface area contributed by atoms with E-state index in [4.69, 9.17) is 0 Å². The smallest absolute Gasteiger partial charge is 0.254 e. The molecule has 2 bridgehead atoms. The molecule has 2 heterocycles. The molecule has 0 radical (unpaired) electrons. The van der Waals surface area contributed by atoms with Crippen LogP contribution in [0.1, 0.15) is 55.4 Å². The Morgan fingerprint density at radius 3 is 2.87 bits per heavy atom. The van der Waals surface area contributed by atoms with Crippen LogP contribution in [-0.2, 0) is 0 Å². The van der Waals surface area contributed by atoms with Gasteiger partial charge in [0.1, 0.15) is 0 Å². The highest BCUT2D eigenvalue weighted by atomic mass is 32.1. The standard InChI is InChI=1S/C19H24N2OS/c1-12-20-15-7-13(5-6-16(15)23-12)17(22)21-11-19(4)9-14(21)8-18(2,3)10-19/h5-7,14H,8-11H2,1-4H3/t14-,19+/m1/s1. The van der Waals surface area contributed by atoms with Gasteiger partial charge in [0.2, 0.25) is 0 Å². The third-order valence-electron chi connectivity index (χ3n) is 5.42. The summed E-state index contributed by atoms with van der Waals surface area (Å²) in [5, 5.41) is 1.05. The molecule has 3 nitrogen and oxygen atoms in total. The summed E-state index contributed by atoms with van der Waals surface area (Å²) in [5.74, 6) is 0.184. The molecule has 2 atom stereocenters. The third-order valence-corrected chi connectivity index (χ3v) is 6.37. The van der Waals surface area contributed by atoms with Gasteiger partial charge in [-0.3, -0.25) is 4.79 Å². The molecule has 4 heteroatoms. The van der Waals surface area contributed by atoms with Crippen molar-refractivity contribution in [1.29, 1.82) is 0 Å². The van der Waals surface area contributed by atoms with Crippen LogP contribution in [0.25, 0.3) is 10.2 Å². The molecule has 1 aromatic heterocycles. The number of carbonyl (C=O) groups is 1. The molecule has 0 N–H and O–H groups in total. The molecule has 122 valence electrons. The lowest BCUT2D eigenvalue weighted by molar-refractivity contribution is 0.0708. The highest BCUT2D eigenvalue weighted by Crippen LogP contribution is 2.52. The third kappa shape index (κ3) is 2.57. The van der Waals surface area contributed by atoms with Crippen LogP contribution in [0.3, 0.4) is 0 Å². The second-order valence-corrected chi connectivity index (χ2v) is 9.80. The quantitative estimate of drug-likeness (QED) is 0.763. The number of hydrogen-bond donors (Lipinski definition) is 0. The lowest BCUT2D eigenvalue weighted by atomic mass is 9.65. The fourth-order valence-corrected chi connectivity index (χ4v) is 5.85. The predicted octanol–water partition coefficient (Wildman–Crippen LogP) is 4.65. The summed E-state index contributed by atoms with van der Waals surface area (Å²) in [7, 11) is 0. The Balaban J connectivity index is 1.66. The molecule has 1 saturated heterocycles. The van der Waals surface area contributed by atoms with E-state index in [1.54, 1.807) is 11.3 Å². The average molecular weight is 328 g/mol. The van der Waals surface area contributed by atoms with Crippen LogP contribution in [-0.4, -0.2) is 28.4 Å². The van der Waals surface area contributed by atoms with Crippen molar-refractivity contribution in [2.45, 2.75) is 53.0 Å². The number of benzene rings is 1. The Bertz CT molecular complexity index is 794. The highest BCUT2D eigenvalue weighted by Gasteiger charge is 2.51. The van der Waals surface area contributed by atoms with Crippen molar-refractivity contribution in [3.63, 3.8) is 0 Å². The first-order chi connectivity index (χ1) is 10.7. The molecule has 0 spiro atoms. The van der Waals surface area contributed by atoms with Gasteiger partial charge >= 0.3 is 0 Å². The molecule has 4 rings (SSSR count). The number of fused-ring (bicyclic) bond motifs is 3. The van der Waals surface area contributed by atoms with Crippen molar-refractivity contribution in [2.75, 3.05) is 6.54 Å². The summed E-state index contributed by atoms with van der Waals surface area (Å²) in [4.78, 5) is 19.8. The van der Waals surface area contributed by atoms with Crippen LogP contribution in [0.5, 0.6) is 0 Å². The zero-order valence-electron chi connectivity index (χ0n) is 14.3. The number of likely N-dealkylation sites (tertiary alicyclic amines) is 1. The van der Waals surface area contributed by atoms with Crippen LogP contribution in [0, 0.1) is 17.8 Å². The first-order valence-electron chi connectivity index (χ1n) is 8.43. The minimum Gasteiger partial charge on any atom is -0.335 e. The van der Waals surface area contributed by atoms with E-state index in [1.165, 1.54) is 6.42 Å². The number of thiazole rings is 1. The van der Waals surface area contributed by atoms with Crippen molar-refractivity contribution < 1.29 is 4.79 Å². The first-order valence-corrected chi connectivity index (χ1v) is 9.25. The Hall–Kier alpha value is -1.42. The Labute approximate surface area is 141 Å². The lowest BCUT2D eigenvalue weighted by Gasteiger charge is -2.39. The van der Waals surface area contributed by atoms with E-state index in [0.717, 1.165) is 40.2 Å². The largest absolute Gasteiger partial charge is 0.335 e. The molecule has 1 amide bonds. The van der Waals surface area contributed by atoms with Crippen molar-refractivity contribution in [3.05, 3.63) is 28.8 Å². The molecular weight excluding hydrogens is 304 g/mol. The van der Waals surface area contributed by atoms with Crippen molar-refractivity contribution in [3.8, 4) is 0 Å². The summed E-state index contributed by atoms with van der Waals surface area (Å²) >= 11 is 1.68. The summed E-state index contributed by atoms with van der Waals surface area (Å²) < 4.78 is 1.16. The molecular formula is C19H24N2OS. The van der Waals surface area contributed by atoms with Gasteiger partial charge in [0.25, 0.3) is 5.91 Å². The van der Waals surface area contributed by atoms with Gasteiger partial charge in [-0.15, -0.1) is 11.3 Å². The molecule has 2 aromatic rings. The molecule has 0 unspecified atom stereocenters. The van der Waals surface area contributed by atoms with Crippen LogP contribution in [0.2, 0.25) is 0 Å². The maximum atomic E-state index is 13.1. The molecule has 2 aliphatic rings. The van der Waals surface area contributed by atoms with Gasteiger partial charge in [0, 0.05) is 18.2 Å². The second-order valence-electron chi connectivity index (χ2n) is 8.56. The lowest BCUT2D eigenvalue weighted by Crippen LogP contribution is -2.37. The van der Waals surface area contributed by atoms with Crippen molar-refractivity contribution in [1.82, 2.24) is 9.88 Å². The van der Waals surface area contributed by atoms with E-state index in [9.17, 15) is 4.79 Å². The van der Waals surface area contributed by atoms with Crippen molar-refractivity contribution in [2.24, 2.45) is 10.8 Å². The van der Waals surface area contributed by atoms with Gasteiger partial charge in [0.15, 0.2) is 0 Å². The number of aryl methyl sites for hydroxylation is 1. The SMILES string of the molecule is Cc1nc2cc(C(=O)N3C[C@@]4(C)C[C@H]3CC(C)(C)C4)ccc2s1. The fraction of sp³-hybridized carbons (Fsp3) is 0.579. The summed E-state index contributed by atoms with van der Waals surface area (Å²) in [6.45, 7) is 9.94. The van der Waals surface area contributed by atoms with Gasteiger partial charge in [-0.1, -0.05) is 20.8 Å². The normalized spacial score (nSPS) is 29.2. The number of rotatable bonds is 1. The second kappa shape index (κ2) is 4.79. The minimum absolute atomic E-state index is 0.184. The summed E-state index contributed by atoms with van der Waals surface area (Å²) in [5.41, 5.74) is 2.36. The van der Waals surface area contributed by atoms with Crippen LogP contribution >= 0.6 is 11.3 Å². The van der Waals surface area contributed by atoms with E-state index >= 15 is 0 Å². The number of nitrogens with zero attached hydrogens (tertiary/aromatic N) is 2. The van der Waals surface area contributed by atoms with Crippen LogP contribution in [0.4, 0.5) is 0 Å². The highest BCUT2D eigenvalue weighted by molar-refractivity contribution is 7.18. The van der Waals surface area contributed by atoms with Gasteiger partial charge in [-0.2, -0.15) is 0 Å². The van der Waals surface area contributed by atoms with Crippen LogP contribution in [0.15, 0.2) is 18.2 Å². The molecule has 1 aromatic carbocycles. The van der Waals surface area contributed by atoms with Gasteiger partial charge < -0.3 is 4.90 Å². The fourth-order valence-electron chi connectivity index (χ4n) is 5.04. The summed E-state index contributed by atoms with van der Waals surface area (Å²) in [6, 6.07) is 6.37. The molecule has 1 aliphatic heterocycles. The number of aromatic nitrogens is 1. The van der Waals surface area contributed by atoms with E-state index in [-0.39, 0.29) is 11.3 Å². The molecule has 1 saturated carbocycles. The number of hydrogen-bond acceptors (Lipinski definition) is 3. The molecule has 23 heavy (non-hydrogen) atoms. The Morgan fingerprint density at radius 2 is 2.09 bits per heavy atom. The van der Waals surface area contributed by atoms with Gasteiger partial charge in [-0.05, 0) is 55.2 Å². The Kier molecular flexibility index (Phi) is 3.15. The van der Waals surface area contributed by atoms with E-state index < -0.39 is 0 Å². The van der Waals surface area contributed by atoms with Crippen LogP contribution < -0.4 is 0 Å². The number of amides is 1. The van der Waals surface area contributed by atoms with Crippen molar-refractivity contribution >= 4 is 27.5 Å². The zero-order chi connectivity index (χ0) is 16.4. The maximum absolute atomic E-state index is 13.1. The summed E-state index contributed by atoms with van der Waals surface area (Å²) in [6.07, 6.45) is 3.48. The maximum Gasteiger partial charge on any atom is 0.254 e. The van der Waals surface area contributed by atoms with E-state index in [0.29, 0.717) is 11.5 Å². The van der Waals surface area contributed by atoms with E-state index in [1.807, 2.05) is 25.1 Å². The zero-order valence-corrected chi connectivity index (χ0v) is 15.2. The monoisotopic (exact) mass is 328 g/mol. The Morgan fingerprint density at radius 1 is 1.30 bits per heavy atom.